The van der Waals surface area contributed by atoms with E-state index in [0.717, 1.165) is 17.6 Å². The van der Waals surface area contributed by atoms with Gasteiger partial charge in [0, 0.05) is 5.70 Å². The number of fused-ring (bicyclic) bond motifs is 1. The van der Waals surface area contributed by atoms with Crippen molar-refractivity contribution in [3.05, 3.63) is 47.6 Å². The highest BCUT2D eigenvalue weighted by Crippen LogP contribution is 2.25. The second-order valence-electron chi connectivity index (χ2n) is 4.97. The van der Waals surface area contributed by atoms with Crippen LogP contribution < -0.4 is 10.9 Å². The molecule has 0 saturated carbocycles. The van der Waals surface area contributed by atoms with Crippen LogP contribution in [0.15, 0.2) is 42.0 Å². The fraction of sp³-hybridized carbons (Fsp3) is 0.143. The molecule has 9 heteroatoms. The van der Waals surface area contributed by atoms with Crippen LogP contribution in [-0.4, -0.2) is 37.9 Å². The molecule has 8 nitrogen and oxygen atoms in total. The number of ether oxygens (including phenoxy) is 1. The maximum Gasteiger partial charge on any atom is 0.340 e. The molecule has 23 heavy (non-hydrogen) atoms. The summed E-state index contributed by atoms with van der Waals surface area (Å²) in [4.78, 5) is 12.5. The topological polar surface area (TPSA) is 97.3 Å². The molecule has 0 aliphatic carbocycles. The van der Waals surface area contributed by atoms with Crippen LogP contribution >= 0.6 is 12.2 Å². The van der Waals surface area contributed by atoms with E-state index in [1.165, 1.54) is 12.1 Å². The van der Waals surface area contributed by atoms with E-state index in [-0.39, 0.29) is 23.8 Å². The number of hydrogen-bond acceptors (Lipinski definition) is 8. The minimum Gasteiger partial charge on any atom is -0.504 e. The van der Waals surface area contributed by atoms with Crippen molar-refractivity contribution in [3.8, 4) is 11.5 Å². The number of allylic oxidation sites excluding steroid dienone is 1. The fourth-order valence-electron chi connectivity index (χ4n) is 2.09. The zero-order valence-electron chi connectivity index (χ0n) is 12.1. The molecule has 0 amide bonds. The zero-order chi connectivity index (χ0) is 16.6. The Labute approximate surface area is 137 Å². The van der Waals surface area contributed by atoms with Crippen molar-refractivity contribution in [2.24, 2.45) is 0 Å². The average Bonchev–Trinajstić information content (AvgIpc) is 2.91. The Morgan fingerprint density at radius 3 is 2.87 bits per heavy atom. The summed E-state index contributed by atoms with van der Waals surface area (Å²) in [5, 5.41) is 24.9. The first-order valence-corrected chi connectivity index (χ1v) is 7.08. The van der Waals surface area contributed by atoms with E-state index in [1.54, 1.807) is 22.3 Å². The van der Waals surface area contributed by atoms with Crippen molar-refractivity contribution in [1.29, 1.82) is 0 Å². The molecule has 0 saturated heterocycles. The molecular formula is C14H14N4O4S. The molecule has 0 radical (unpaired) electrons. The van der Waals surface area contributed by atoms with Gasteiger partial charge in [-0.1, -0.05) is 12.2 Å². The Morgan fingerprint density at radius 1 is 1.35 bits per heavy atom. The Balaban J connectivity index is 1.61. The van der Waals surface area contributed by atoms with Gasteiger partial charge in [-0.2, -0.15) is 0 Å². The van der Waals surface area contributed by atoms with E-state index in [1.807, 2.05) is 6.92 Å². The third-order valence-electron chi connectivity index (χ3n) is 3.18. The summed E-state index contributed by atoms with van der Waals surface area (Å²) >= 11 is 5.23. The summed E-state index contributed by atoms with van der Waals surface area (Å²) in [5.41, 5.74) is 4.00. The third-order valence-corrected chi connectivity index (χ3v) is 3.48. The minimum atomic E-state index is -0.629. The van der Waals surface area contributed by atoms with Crippen LogP contribution in [0, 0.1) is 0 Å². The molecule has 2 heterocycles. The van der Waals surface area contributed by atoms with E-state index in [4.69, 9.17) is 17.0 Å². The van der Waals surface area contributed by atoms with Crippen LogP contribution in [0.5, 0.6) is 11.5 Å². The highest BCUT2D eigenvalue weighted by atomic mass is 32.1. The maximum atomic E-state index is 11.9. The van der Waals surface area contributed by atoms with Crippen molar-refractivity contribution in [3.63, 3.8) is 0 Å². The number of benzene rings is 1. The second kappa shape index (κ2) is 5.78. The number of nitrogens with zero attached hydrogens (tertiary/aromatic N) is 2. The van der Waals surface area contributed by atoms with Gasteiger partial charge in [-0.3, -0.25) is 5.01 Å². The number of phenols is 2. The molecule has 2 aliphatic rings. The van der Waals surface area contributed by atoms with E-state index in [2.05, 4.69) is 10.9 Å². The molecule has 0 fully saturated rings. The first-order chi connectivity index (χ1) is 10.9. The maximum absolute atomic E-state index is 11.9. The summed E-state index contributed by atoms with van der Waals surface area (Å²) < 4.78 is 5.15. The van der Waals surface area contributed by atoms with Crippen LogP contribution in [0.1, 0.15) is 17.3 Å². The lowest BCUT2D eigenvalue weighted by atomic mass is 10.2. The lowest BCUT2D eigenvalue weighted by Crippen LogP contribution is -2.47. The Bertz CT molecular complexity index is 746. The Morgan fingerprint density at radius 2 is 2.13 bits per heavy atom. The molecule has 0 bridgehead atoms. The van der Waals surface area contributed by atoms with Crippen molar-refractivity contribution in [2.75, 3.05) is 6.73 Å². The van der Waals surface area contributed by atoms with Gasteiger partial charge in [-0.15, -0.1) is 5.53 Å². The summed E-state index contributed by atoms with van der Waals surface area (Å²) in [6.45, 7) is 1.83. The van der Waals surface area contributed by atoms with Gasteiger partial charge in [0.25, 0.3) is 0 Å². The number of carbonyl (C=O) groups is 1. The van der Waals surface area contributed by atoms with Gasteiger partial charge in [0.1, 0.15) is 10.8 Å². The first-order valence-electron chi connectivity index (χ1n) is 6.67. The predicted molar refractivity (Wildman–Crippen MR) is 84.4 cm³/mol. The minimum absolute atomic E-state index is 0.0657. The van der Waals surface area contributed by atoms with Gasteiger partial charge in [-0.25, -0.2) is 9.80 Å². The quantitative estimate of drug-likeness (QED) is 0.365. The monoisotopic (exact) mass is 334 g/mol. The zero-order valence-corrected chi connectivity index (χ0v) is 12.9. The number of rotatable bonds is 3. The number of esters is 1. The molecule has 3 rings (SSSR count). The normalized spacial score (nSPS) is 16.5. The van der Waals surface area contributed by atoms with E-state index in [9.17, 15) is 15.0 Å². The highest BCUT2D eigenvalue weighted by molar-refractivity contribution is 7.80. The molecule has 0 unspecified atom stereocenters. The number of hydrogen-bond donors (Lipinski definition) is 4. The van der Waals surface area contributed by atoms with Gasteiger partial charge in [0.05, 0.1) is 11.8 Å². The molecule has 0 spiro atoms. The number of aromatic hydroxyl groups is 2. The van der Waals surface area contributed by atoms with Crippen LogP contribution in [0.2, 0.25) is 0 Å². The predicted octanol–water partition coefficient (Wildman–Crippen LogP) is 0.883. The van der Waals surface area contributed by atoms with Crippen molar-refractivity contribution in [2.45, 2.75) is 6.92 Å². The van der Waals surface area contributed by atoms with Crippen LogP contribution in [0.25, 0.3) is 0 Å². The van der Waals surface area contributed by atoms with Gasteiger partial charge in [-0.05, 0) is 31.2 Å². The van der Waals surface area contributed by atoms with E-state index >= 15 is 0 Å². The Kier molecular flexibility index (Phi) is 3.80. The van der Waals surface area contributed by atoms with Crippen LogP contribution in [-0.2, 0) is 4.74 Å². The third kappa shape index (κ3) is 3.05. The van der Waals surface area contributed by atoms with Gasteiger partial charge < -0.3 is 20.3 Å². The van der Waals surface area contributed by atoms with Crippen molar-refractivity contribution in [1.82, 2.24) is 20.9 Å². The summed E-state index contributed by atoms with van der Waals surface area (Å²) in [5.74, 6) is -0.579. The average molecular weight is 334 g/mol. The lowest BCUT2D eigenvalue weighted by molar-refractivity contribution is 0.0143. The smallest absolute Gasteiger partial charge is 0.340 e. The van der Waals surface area contributed by atoms with E-state index < -0.39 is 5.97 Å². The van der Waals surface area contributed by atoms with Gasteiger partial charge in [0.2, 0.25) is 0 Å². The standard InChI is InChI=1S/C14H14N4O4S/c1-8-4-13(23)18-12(15-8)6-17(16-18)7-22-14(21)9-2-3-10(19)11(20)5-9/h2-6,15-16,19-20H,7H2,1H3. The second-order valence-corrected chi connectivity index (χ2v) is 5.39. The molecule has 0 atom stereocenters. The summed E-state index contributed by atoms with van der Waals surface area (Å²) in [6, 6.07) is 3.72. The lowest BCUT2D eigenvalue weighted by Gasteiger charge is -2.27. The van der Waals surface area contributed by atoms with Crippen molar-refractivity contribution >= 4 is 23.2 Å². The van der Waals surface area contributed by atoms with Crippen LogP contribution in [0.3, 0.4) is 0 Å². The van der Waals surface area contributed by atoms with E-state index in [0.29, 0.717) is 4.99 Å². The molecule has 2 aliphatic heterocycles. The fourth-order valence-corrected chi connectivity index (χ4v) is 2.40. The summed E-state index contributed by atoms with van der Waals surface area (Å²) in [7, 11) is 0. The number of carbonyl (C=O) groups excluding carboxylic acids is 1. The summed E-state index contributed by atoms with van der Waals surface area (Å²) in [6.07, 6.45) is 3.51. The molecular weight excluding hydrogens is 320 g/mol. The highest BCUT2D eigenvalue weighted by Gasteiger charge is 2.27. The number of nitrogens with one attached hydrogen (secondary N) is 2. The number of thiocarbonyl (C=S) groups is 1. The molecule has 120 valence electrons. The largest absolute Gasteiger partial charge is 0.504 e. The molecule has 0 aromatic heterocycles. The molecule has 1 aromatic carbocycles. The number of hydrazine groups is 2. The first kappa shape index (κ1) is 15.1. The number of phenolic OH excluding ortho intramolecular Hbond substituents is 2. The van der Waals surface area contributed by atoms with Gasteiger partial charge >= 0.3 is 5.97 Å². The van der Waals surface area contributed by atoms with Crippen LogP contribution in [0.4, 0.5) is 0 Å². The van der Waals surface area contributed by atoms with Crippen molar-refractivity contribution < 1.29 is 19.7 Å². The SMILES string of the molecule is CC1=CC(=S)N2NN(COC(=O)c3ccc(O)c(O)c3)C=C2N1. The Hall–Kier alpha value is -2.78. The molecule has 1 aromatic rings. The molecule has 4 N–H and O–H groups in total. The van der Waals surface area contributed by atoms with Gasteiger partial charge in [0.15, 0.2) is 18.2 Å².